The predicted octanol–water partition coefficient (Wildman–Crippen LogP) is -0.334. The van der Waals surface area contributed by atoms with Crippen LogP contribution in [0.4, 0.5) is 5.95 Å². The van der Waals surface area contributed by atoms with E-state index in [9.17, 15) is 9.59 Å². The summed E-state index contributed by atoms with van der Waals surface area (Å²) in [5.74, 6) is 1.55. The van der Waals surface area contributed by atoms with Gasteiger partial charge >= 0.3 is 5.69 Å². The summed E-state index contributed by atoms with van der Waals surface area (Å²) < 4.78 is 3.06. The molecule has 0 aliphatic heterocycles. The van der Waals surface area contributed by atoms with Crippen molar-refractivity contribution in [1.82, 2.24) is 19.1 Å². The fourth-order valence-electron chi connectivity index (χ4n) is 2.73. The van der Waals surface area contributed by atoms with Crippen molar-refractivity contribution in [3.05, 3.63) is 20.8 Å². The molecule has 2 N–H and O–H groups in total. The summed E-state index contributed by atoms with van der Waals surface area (Å²) in [5.41, 5.74) is 0.456. The largest absolute Gasteiger partial charge is 0.406 e. The Morgan fingerprint density at radius 1 is 1.14 bits per heavy atom. The first-order valence-electron chi connectivity index (χ1n) is 7.58. The number of aromatic amines is 1. The Kier molecular flexibility index (Phi) is 2.73. The molecule has 110 valence electrons. The summed E-state index contributed by atoms with van der Waals surface area (Å²) in [6, 6.07) is 0. The molecule has 2 saturated carbocycles. The summed E-state index contributed by atoms with van der Waals surface area (Å²) >= 11 is 0. The number of nitrogens with one attached hydrogen (secondary N) is 2. The molecule has 8 heteroatoms. The Bertz CT molecular complexity index is 812. The molecule has 0 bridgehead atoms. The first-order chi connectivity index (χ1) is 10.2. The topological polar surface area (TPSA) is 84.7 Å². The zero-order chi connectivity index (χ0) is 14.6. The van der Waals surface area contributed by atoms with Gasteiger partial charge in [0.25, 0.3) is 5.56 Å². The van der Waals surface area contributed by atoms with Gasteiger partial charge in [0.2, 0.25) is 7.98 Å². The fraction of sp³-hybridized carbons (Fsp3) is 0.615. The molecule has 4 rings (SSSR count). The summed E-state index contributed by atoms with van der Waals surface area (Å²) in [4.78, 5) is 32.6. The van der Waals surface area contributed by atoms with Gasteiger partial charge in [-0.3, -0.25) is 13.9 Å². The van der Waals surface area contributed by atoms with Crippen LogP contribution in [-0.2, 0) is 13.1 Å². The molecule has 21 heavy (non-hydrogen) atoms. The lowest BCUT2D eigenvalue weighted by Crippen LogP contribution is -2.41. The van der Waals surface area contributed by atoms with Crippen molar-refractivity contribution in [2.75, 3.05) is 5.23 Å². The highest BCUT2D eigenvalue weighted by Crippen LogP contribution is 2.31. The van der Waals surface area contributed by atoms with E-state index in [-0.39, 0.29) is 11.2 Å². The molecule has 7 nitrogen and oxygen atoms in total. The van der Waals surface area contributed by atoms with Gasteiger partial charge in [-0.05, 0) is 37.5 Å². The summed E-state index contributed by atoms with van der Waals surface area (Å²) in [5, 5.41) is 2.90. The number of imidazole rings is 1. The zero-order valence-corrected chi connectivity index (χ0v) is 12.1. The van der Waals surface area contributed by atoms with Crippen LogP contribution in [0.1, 0.15) is 25.7 Å². The lowest BCUT2D eigenvalue weighted by Gasteiger charge is -2.10. The highest BCUT2D eigenvalue weighted by molar-refractivity contribution is 6.15. The van der Waals surface area contributed by atoms with Gasteiger partial charge < -0.3 is 10.2 Å². The number of rotatable bonds is 5. The Labute approximate surface area is 121 Å². The first-order valence-corrected chi connectivity index (χ1v) is 7.58. The standard InChI is InChI=1S/C13H18BN5O2/c14-17-12-15-9-10(16-12)18(5-7-1-2-7)13(21)19(11(9)20)6-8-3-4-8/h7-8H,1-6,14H2,(H2,15,16,17). The normalized spacial score (nSPS) is 18.3. The number of fused-ring (bicyclic) bond motifs is 1. The van der Waals surface area contributed by atoms with Gasteiger partial charge in [-0.1, -0.05) is 0 Å². The van der Waals surface area contributed by atoms with Gasteiger partial charge in [0.1, 0.15) is 0 Å². The number of anilines is 1. The van der Waals surface area contributed by atoms with Crippen LogP contribution in [-0.4, -0.2) is 27.1 Å². The fourth-order valence-corrected chi connectivity index (χ4v) is 2.73. The van der Waals surface area contributed by atoms with Crippen molar-refractivity contribution >= 4 is 25.1 Å². The van der Waals surface area contributed by atoms with Gasteiger partial charge in [0.05, 0.1) is 0 Å². The lowest BCUT2D eigenvalue weighted by atomic mass is 10.3. The van der Waals surface area contributed by atoms with E-state index >= 15 is 0 Å². The third kappa shape index (κ3) is 2.18. The molecular weight excluding hydrogens is 269 g/mol. The van der Waals surface area contributed by atoms with Crippen LogP contribution in [0.5, 0.6) is 0 Å². The molecule has 0 amide bonds. The van der Waals surface area contributed by atoms with Crippen LogP contribution in [0.15, 0.2) is 9.59 Å². The van der Waals surface area contributed by atoms with Crippen molar-refractivity contribution in [3.63, 3.8) is 0 Å². The Morgan fingerprint density at radius 3 is 2.33 bits per heavy atom. The highest BCUT2D eigenvalue weighted by Gasteiger charge is 2.28. The van der Waals surface area contributed by atoms with Gasteiger partial charge in [-0.25, -0.2) is 4.79 Å². The number of hydrogen-bond donors (Lipinski definition) is 2. The molecule has 0 aromatic carbocycles. The maximum absolute atomic E-state index is 12.7. The van der Waals surface area contributed by atoms with E-state index in [1.54, 1.807) is 12.5 Å². The monoisotopic (exact) mass is 287 g/mol. The Morgan fingerprint density at radius 2 is 1.76 bits per heavy atom. The summed E-state index contributed by atoms with van der Waals surface area (Å²) in [6.07, 6.45) is 4.52. The smallest absolute Gasteiger partial charge is 0.332 e. The molecule has 0 unspecified atom stereocenters. The molecule has 2 aliphatic carbocycles. The molecule has 2 aliphatic rings. The van der Waals surface area contributed by atoms with Crippen LogP contribution in [0, 0.1) is 11.8 Å². The second-order valence-electron chi connectivity index (χ2n) is 6.23. The number of nitrogens with zero attached hydrogens (tertiary/aromatic N) is 3. The third-order valence-electron chi connectivity index (χ3n) is 4.37. The van der Waals surface area contributed by atoms with E-state index in [0.717, 1.165) is 25.7 Å². The molecule has 0 spiro atoms. The average molecular weight is 287 g/mol. The van der Waals surface area contributed by atoms with E-state index < -0.39 is 0 Å². The maximum atomic E-state index is 12.7. The Hall–Kier alpha value is -1.99. The molecular formula is C13H18BN5O2. The Balaban J connectivity index is 1.94. The summed E-state index contributed by atoms with van der Waals surface area (Å²) in [6.45, 7) is 1.19. The second-order valence-corrected chi connectivity index (χ2v) is 6.23. The zero-order valence-electron chi connectivity index (χ0n) is 12.1. The maximum Gasteiger partial charge on any atom is 0.332 e. The van der Waals surface area contributed by atoms with Crippen LogP contribution in [0.25, 0.3) is 11.2 Å². The second kappa shape index (κ2) is 4.51. The average Bonchev–Trinajstić information content (AvgIpc) is 3.39. The first kappa shape index (κ1) is 12.7. The molecule has 2 fully saturated rings. The molecule has 0 saturated heterocycles. The summed E-state index contributed by atoms with van der Waals surface area (Å²) in [7, 11) is 1.74. The van der Waals surface area contributed by atoms with Crippen LogP contribution in [0.3, 0.4) is 0 Å². The van der Waals surface area contributed by atoms with Crippen LogP contribution >= 0.6 is 0 Å². The molecule has 2 heterocycles. The van der Waals surface area contributed by atoms with Crippen LogP contribution in [0.2, 0.25) is 0 Å². The van der Waals surface area contributed by atoms with Gasteiger partial charge in [-0.2, -0.15) is 4.98 Å². The SMILES string of the molecule is BNc1nc2c([nH]1)c(=O)n(CC1CC1)c(=O)n2CC1CC1. The predicted molar refractivity (Wildman–Crippen MR) is 82.2 cm³/mol. The highest BCUT2D eigenvalue weighted by atomic mass is 16.2. The quantitative estimate of drug-likeness (QED) is 0.737. The minimum atomic E-state index is -0.247. The van der Waals surface area contributed by atoms with E-state index in [4.69, 9.17) is 0 Å². The number of hydrogen-bond acceptors (Lipinski definition) is 4. The lowest BCUT2D eigenvalue weighted by molar-refractivity contribution is 0.520. The van der Waals surface area contributed by atoms with Gasteiger partial charge in [0, 0.05) is 13.1 Å². The minimum absolute atomic E-state index is 0.208. The molecule has 0 atom stereocenters. The van der Waals surface area contributed by atoms with E-state index in [2.05, 4.69) is 15.2 Å². The molecule has 2 aromatic heterocycles. The van der Waals surface area contributed by atoms with Crippen molar-refractivity contribution < 1.29 is 0 Å². The molecule has 0 radical (unpaired) electrons. The van der Waals surface area contributed by atoms with Crippen molar-refractivity contribution in [3.8, 4) is 0 Å². The van der Waals surface area contributed by atoms with E-state index in [0.29, 0.717) is 42.0 Å². The van der Waals surface area contributed by atoms with E-state index in [1.165, 1.54) is 4.57 Å². The van der Waals surface area contributed by atoms with Crippen molar-refractivity contribution in [2.45, 2.75) is 38.8 Å². The number of aromatic nitrogens is 4. The third-order valence-corrected chi connectivity index (χ3v) is 4.37. The van der Waals surface area contributed by atoms with Gasteiger partial charge in [-0.15, -0.1) is 0 Å². The van der Waals surface area contributed by atoms with Crippen LogP contribution < -0.4 is 16.5 Å². The van der Waals surface area contributed by atoms with E-state index in [1.807, 2.05) is 0 Å². The van der Waals surface area contributed by atoms with Crippen molar-refractivity contribution in [2.24, 2.45) is 11.8 Å². The molecule has 2 aromatic rings. The van der Waals surface area contributed by atoms with Crippen molar-refractivity contribution in [1.29, 1.82) is 0 Å². The number of H-pyrrole nitrogens is 1. The minimum Gasteiger partial charge on any atom is -0.406 e. The van der Waals surface area contributed by atoms with Gasteiger partial charge in [0.15, 0.2) is 17.1 Å².